The molecule has 0 aliphatic carbocycles. The van der Waals surface area contributed by atoms with Crippen molar-refractivity contribution in [3.63, 3.8) is 0 Å². The Morgan fingerprint density at radius 3 is 1.83 bits per heavy atom. The highest BCUT2D eigenvalue weighted by Gasteiger charge is 2.02. The van der Waals surface area contributed by atoms with Crippen molar-refractivity contribution in [1.29, 1.82) is 0 Å². The maximum atomic E-state index is 11.7. The topological polar surface area (TPSA) is 41.1 Å². The van der Waals surface area contributed by atoms with E-state index >= 15 is 0 Å². The van der Waals surface area contributed by atoms with Gasteiger partial charge in [-0.05, 0) is 71.1 Å². The maximum absolute atomic E-state index is 11.7. The molecule has 2 aromatic rings. The molecule has 3 nitrogen and oxygen atoms in total. The first-order chi connectivity index (χ1) is 8.63. The molecule has 2 rings (SSSR count). The van der Waals surface area contributed by atoms with E-state index in [1.807, 2.05) is 24.3 Å². The molecule has 0 aromatic heterocycles. The molecule has 0 saturated carbocycles. The Labute approximate surface area is 124 Å². The highest BCUT2D eigenvalue weighted by Crippen LogP contribution is 2.15. The SMILES string of the molecule is O=C(Nc1ccc(Cl)cc1)Nc1ccc(I)cc1. The Bertz CT molecular complexity index is 490. The zero-order chi connectivity index (χ0) is 13.0. The Morgan fingerprint density at radius 2 is 1.33 bits per heavy atom. The summed E-state index contributed by atoms with van der Waals surface area (Å²) in [6.45, 7) is 0. The molecule has 0 saturated heterocycles. The standard InChI is InChI=1S/C13H10ClIN2O/c14-9-1-5-11(6-2-9)16-13(18)17-12-7-3-10(15)4-8-12/h1-8H,(H2,16,17,18). The zero-order valence-corrected chi connectivity index (χ0v) is 12.2. The van der Waals surface area contributed by atoms with Crippen molar-refractivity contribution in [2.45, 2.75) is 0 Å². The smallest absolute Gasteiger partial charge is 0.308 e. The first kappa shape index (κ1) is 13.2. The molecule has 0 aliphatic heterocycles. The van der Waals surface area contributed by atoms with Gasteiger partial charge in [0.2, 0.25) is 0 Å². The van der Waals surface area contributed by atoms with Gasteiger partial charge in [0.1, 0.15) is 0 Å². The predicted molar refractivity (Wildman–Crippen MR) is 83.3 cm³/mol. The summed E-state index contributed by atoms with van der Waals surface area (Å²) in [5.41, 5.74) is 1.45. The summed E-state index contributed by atoms with van der Waals surface area (Å²) in [5, 5.41) is 6.11. The van der Waals surface area contributed by atoms with E-state index in [2.05, 4.69) is 33.2 Å². The van der Waals surface area contributed by atoms with Crippen molar-refractivity contribution >= 4 is 51.6 Å². The molecule has 0 heterocycles. The molecule has 0 fully saturated rings. The third-order valence-electron chi connectivity index (χ3n) is 2.20. The number of anilines is 2. The number of urea groups is 1. The molecule has 92 valence electrons. The summed E-state index contributed by atoms with van der Waals surface area (Å²) in [6.07, 6.45) is 0. The molecule has 0 bridgehead atoms. The monoisotopic (exact) mass is 372 g/mol. The lowest BCUT2D eigenvalue weighted by Gasteiger charge is -2.07. The fourth-order valence-corrected chi connectivity index (χ4v) is 1.85. The average Bonchev–Trinajstić information content (AvgIpc) is 2.35. The maximum Gasteiger partial charge on any atom is 0.323 e. The van der Waals surface area contributed by atoms with Crippen LogP contribution in [-0.4, -0.2) is 6.03 Å². The molecule has 0 unspecified atom stereocenters. The Balaban J connectivity index is 1.96. The lowest BCUT2D eigenvalue weighted by molar-refractivity contribution is 0.262. The number of benzene rings is 2. The molecule has 2 aromatic carbocycles. The summed E-state index contributed by atoms with van der Waals surface area (Å²) in [4.78, 5) is 11.7. The lowest BCUT2D eigenvalue weighted by atomic mass is 10.3. The Hall–Kier alpha value is -1.27. The highest BCUT2D eigenvalue weighted by atomic mass is 127. The van der Waals surface area contributed by atoms with Crippen LogP contribution in [0.25, 0.3) is 0 Å². The van der Waals surface area contributed by atoms with Gasteiger partial charge in [-0.1, -0.05) is 11.6 Å². The molecule has 5 heteroatoms. The van der Waals surface area contributed by atoms with Crippen LogP contribution in [0.1, 0.15) is 0 Å². The van der Waals surface area contributed by atoms with Crippen LogP contribution in [0.4, 0.5) is 16.2 Å². The van der Waals surface area contributed by atoms with Crippen LogP contribution in [-0.2, 0) is 0 Å². The number of hydrogen-bond acceptors (Lipinski definition) is 1. The second kappa shape index (κ2) is 6.06. The zero-order valence-electron chi connectivity index (χ0n) is 9.28. The van der Waals surface area contributed by atoms with E-state index in [0.29, 0.717) is 10.7 Å². The number of carbonyl (C=O) groups is 1. The predicted octanol–water partition coefficient (Wildman–Crippen LogP) is 4.59. The van der Waals surface area contributed by atoms with Crippen LogP contribution in [0.5, 0.6) is 0 Å². The molecule has 2 amide bonds. The lowest BCUT2D eigenvalue weighted by Crippen LogP contribution is -2.19. The van der Waals surface area contributed by atoms with Gasteiger partial charge in [0.25, 0.3) is 0 Å². The van der Waals surface area contributed by atoms with E-state index < -0.39 is 0 Å². The number of nitrogens with one attached hydrogen (secondary N) is 2. The number of rotatable bonds is 2. The van der Waals surface area contributed by atoms with Crippen LogP contribution in [0.3, 0.4) is 0 Å². The molecule has 0 radical (unpaired) electrons. The van der Waals surface area contributed by atoms with Gasteiger partial charge in [-0.25, -0.2) is 4.79 Å². The minimum Gasteiger partial charge on any atom is -0.308 e. The second-order valence-electron chi connectivity index (χ2n) is 3.59. The van der Waals surface area contributed by atoms with Crippen molar-refractivity contribution in [2.75, 3.05) is 10.6 Å². The summed E-state index contributed by atoms with van der Waals surface area (Å²) >= 11 is 7.97. The second-order valence-corrected chi connectivity index (χ2v) is 5.27. The van der Waals surface area contributed by atoms with Crippen LogP contribution < -0.4 is 10.6 Å². The normalized spacial score (nSPS) is 9.89. The van der Waals surface area contributed by atoms with Crippen molar-refractivity contribution in [3.8, 4) is 0 Å². The molecule has 2 N–H and O–H groups in total. The van der Waals surface area contributed by atoms with E-state index in [-0.39, 0.29) is 6.03 Å². The summed E-state index contributed by atoms with van der Waals surface area (Å²) in [7, 11) is 0. The highest BCUT2D eigenvalue weighted by molar-refractivity contribution is 14.1. The summed E-state index contributed by atoms with van der Waals surface area (Å²) in [6, 6.07) is 14.2. The van der Waals surface area contributed by atoms with E-state index in [9.17, 15) is 4.79 Å². The van der Waals surface area contributed by atoms with Crippen molar-refractivity contribution in [3.05, 3.63) is 57.1 Å². The number of amides is 2. The third kappa shape index (κ3) is 3.89. The summed E-state index contributed by atoms with van der Waals surface area (Å²) in [5.74, 6) is 0. The minimum atomic E-state index is -0.279. The van der Waals surface area contributed by atoms with E-state index in [4.69, 9.17) is 11.6 Å². The largest absolute Gasteiger partial charge is 0.323 e. The third-order valence-corrected chi connectivity index (χ3v) is 3.18. The van der Waals surface area contributed by atoms with Gasteiger partial charge in [0, 0.05) is 20.0 Å². The Kier molecular flexibility index (Phi) is 4.43. The molecule has 18 heavy (non-hydrogen) atoms. The van der Waals surface area contributed by atoms with Gasteiger partial charge >= 0.3 is 6.03 Å². The van der Waals surface area contributed by atoms with Crippen LogP contribution in [0.15, 0.2) is 48.5 Å². The van der Waals surface area contributed by atoms with Crippen molar-refractivity contribution in [1.82, 2.24) is 0 Å². The van der Waals surface area contributed by atoms with Gasteiger partial charge in [-0.3, -0.25) is 0 Å². The number of carbonyl (C=O) groups excluding carboxylic acids is 1. The van der Waals surface area contributed by atoms with E-state index in [1.54, 1.807) is 24.3 Å². The van der Waals surface area contributed by atoms with Gasteiger partial charge < -0.3 is 10.6 Å². The molecule has 0 aliphatic rings. The van der Waals surface area contributed by atoms with E-state index in [1.165, 1.54) is 0 Å². The summed E-state index contributed by atoms with van der Waals surface area (Å²) < 4.78 is 1.12. The minimum absolute atomic E-state index is 0.279. The fourth-order valence-electron chi connectivity index (χ4n) is 1.36. The fraction of sp³-hybridized carbons (Fsp3) is 0. The van der Waals surface area contributed by atoms with Crippen molar-refractivity contribution in [2.24, 2.45) is 0 Å². The quantitative estimate of drug-likeness (QED) is 0.744. The first-order valence-corrected chi connectivity index (χ1v) is 6.68. The van der Waals surface area contributed by atoms with Gasteiger partial charge in [-0.15, -0.1) is 0 Å². The molecule has 0 atom stereocenters. The number of hydrogen-bond donors (Lipinski definition) is 2. The average molecular weight is 373 g/mol. The molecular weight excluding hydrogens is 363 g/mol. The molecular formula is C13H10ClIN2O. The van der Waals surface area contributed by atoms with Gasteiger partial charge in [0.05, 0.1) is 0 Å². The molecule has 0 spiro atoms. The first-order valence-electron chi connectivity index (χ1n) is 5.22. The van der Waals surface area contributed by atoms with E-state index in [0.717, 1.165) is 9.26 Å². The van der Waals surface area contributed by atoms with Crippen LogP contribution in [0.2, 0.25) is 5.02 Å². The number of halogens is 2. The van der Waals surface area contributed by atoms with Gasteiger partial charge in [0.15, 0.2) is 0 Å². The van der Waals surface area contributed by atoms with Crippen molar-refractivity contribution < 1.29 is 4.79 Å². The van der Waals surface area contributed by atoms with Gasteiger partial charge in [-0.2, -0.15) is 0 Å². The van der Waals surface area contributed by atoms with Crippen LogP contribution in [0, 0.1) is 3.57 Å². The Morgan fingerprint density at radius 1 is 0.889 bits per heavy atom. The van der Waals surface area contributed by atoms with Crippen LogP contribution >= 0.6 is 34.2 Å².